The van der Waals surface area contributed by atoms with Gasteiger partial charge in [-0.3, -0.25) is 9.69 Å². The van der Waals surface area contributed by atoms with Gasteiger partial charge in [-0.25, -0.2) is 0 Å². The van der Waals surface area contributed by atoms with Gasteiger partial charge >= 0.3 is 0 Å². The van der Waals surface area contributed by atoms with Gasteiger partial charge < -0.3 is 20.7 Å². The summed E-state index contributed by atoms with van der Waals surface area (Å²) in [5, 5.41) is 5.01. The summed E-state index contributed by atoms with van der Waals surface area (Å²) in [6.07, 6.45) is 1.17. The van der Waals surface area contributed by atoms with Crippen LogP contribution in [0.3, 0.4) is 0 Å². The van der Waals surface area contributed by atoms with Crippen molar-refractivity contribution in [1.82, 2.24) is 4.90 Å². The molecule has 0 spiro atoms. The van der Waals surface area contributed by atoms with Gasteiger partial charge in [0.25, 0.3) is 5.91 Å². The number of ether oxygens (including phenoxy) is 1. The van der Waals surface area contributed by atoms with Crippen LogP contribution in [-0.4, -0.2) is 56.2 Å². The molecule has 2 fully saturated rings. The molecule has 166 valence electrons. The largest absolute Gasteiger partial charge is 0.397 e. The second-order valence-corrected chi connectivity index (χ2v) is 9.26. The summed E-state index contributed by atoms with van der Waals surface area (Å²) >= 11 is 1.66. The van der Waals surface area contributed by atoms with Gasteiger partial charge in [0.05, 0.1) is 24.6 Å². The fourth-order valence-corrected chi connectivity index (χ4v) is 5.22. The van der Waals surface area contributed by atoms with Crippen molar-refractivity contribution in [3.63, 3.8) is 0 Å². The van der Waals surface area contributed by atoms with E-state index in [9.17, 15) is 4.79 Å². The Morgan fingerprint density at radius 2 is 1.88 bits per heavy atom. The molecule has 3 heterocycles. The van der Waals surface area contributed by atoms with Crippen LogP contribution in [0.1, 0.15) is 16.8 Å². The molecule has 2 aromatic carbocycles. The predicted octanol–water partition coefficient (Wildman–Crippen LogP) is 4.16. The quantitative estimate of drug-likeness (QED) is 0.574. The number of hydrogen-bond acceptors (Lipinski definition) is 6. The second kappa shape index (κ2) is 9.32. The Bertz CT molecular complexity index is 1060. The Morgan fingerprint density at radius 1 is 1.06 bits per heavy atom. The maximum absolute atomic E-state index is 12.9. The van der Waals surface area contributed by atoms with Crippen molar-refractivity contribution < 1.29 is 9.53 Å². The van der Waals surface area contributed by atoms with E-state index in [0.29, 0.717) is 23.0 Å². The molecule has 2 saturated heterocycles. The number of nitrogens with two attached hydrogens (primary N) is 1. The van der Waals surface area contributed by atoms with Crippen molar-refractivity contribution in [3.05, 3.63) is 65.5 Å². The topological polar surface area (TPSA) is 70.8 Å². The number of carbonyl (C=O) groups is 1. The van der Waals surface area contributed by atoms with Crippen molar-refractivity contribution in [2.24, 2.45) is 0 Å². The molecule has 1 aromatic heterocycles. The maximum atomic E-state index is 12.9. The lowest BCUT2D eigenvalue weighted by molar-refractivity contribution is 0.0209. The zero-order valence-corrected chi connectivity index (χ0v) is 18.8. The number of rotatable bonds is 5. The molecular formula is C25H28N4O2S. The number of thiophene rings is 1. The van der Waals surface area contributed by atoms with E-state index in [1.807, 2.05) is 53.9 Å². The van der Waals surface area contributed by atoms with Gasteiger partial charge in [-0.05, 0) is 59.8 Å². The van der Waals surface area contributed by atoms with Crippen molar-refractivity contribution in [2.45, 2.75) is 12.5 Å². The molecule has 3 N–H and O–H groups in total. The predicted molar refractivity (Wildman–Crippen MR) is 132 cm³/mol. The number of hydrogen-bond donors (Lipinski definition) is 2. The molecule has 32 heavy (non-hydrogen) atoms. The zero-order valence-electron chi connectivity index (χ0n) is 18.0. The van der Waals surface area contributed by atoms with Crippen LogP contribution in [0.4, 0.5) is 17.1 Å². The first-order valence-electron chi connectivity index (χ1n) is 11.1. The second-order valence-electron chi connectivity index (χ2n) is 8.32. The summed E-state index contributed by atoms with van der Waals surface area (Å²) in [4.78, 5) is 19.0. The lowest BCUT2D eigenvalue weighted by Crippen LogP contribution is -2.44. The van der Waals surface area contributed by atoms with Gasteiger partial charge in [0, 0.05) is 48.3 Å². The van der Waals surface area contributed by atoms with E-state index in [-0.39, 0.29) is 5.91 Å². The average molecular weight is 449 g/mol. The molecule has 2 aliphatic heterocycles. The molecule has 0 radical (unpaired) electrons. The van der Waals surface area contributed by atoms with Gasteiger partial charge in [0.2, 0.25) is 0 Å². The molecule has 1 unspecified atom stereocenters. The van der Waals surface area contributed by atoms with Gasteiger partial charge in [-0.1, -0.05) is 12.1 Å². The summed E-state index contributed by atoms with van der Waals surface area (Å²) in [6, 6.07) is 18.3. The minimum Gasteiger partial charge on any atom is -0.397 e. The lowest BCUT2D eigenvalue weighted by Gasteiger charge is -2.32. The molecule has 1 atom stereocenters. The summed E-state index contributed by atoms with van der Waals surface area (Å²) in [5.74, 6) is -0.154. The molecular weight excluding hydrogens is 420 g/mol. The highest BCUT2D eigenvalue weighted by molar-refractivity contribution is 7.13. The van der Waals surface area contributed by atoms with Crippen molar-refractivity contribution in [1.29, 1.82) is 0 Å². The van der Waals surface area contributed by atoms with E-state index >= 15 is 0 Å². The minimum absolute atomic E-state index is 0.154. The van der Waals surface area contributed by atoms with E-state index in [2.05, 4.69) is 21.2 Å². The fourth-order valence-electron chi connectivity index (χ4n) is 4.50. The standard InChI is InChI=1S/C25H28N4O2S/c26-22-8-5-19(24-2-1-15-32-24)16-23(22)27-25(30)18-3-6-20(7-4-18)29-10-9-21(17-29)28-11-13-31-14-12-28/h1-8,15-16,21H,9-14,17,26H2,(H,27,30). The Balaban J connectivity index is 1.24. The summed E-state index contributed by atoms with van der Waals surface area (Å²) in [7, 11) is 0. The van der Waals surface area contributed by atoms with E-state index in [1.54, 1.807) is 11.3 Å². The molecule has 5 rings (SSSR count). The highest BCUT2D eigenvalue weighted by Gasteiger charge is 2.28. The third kappa shape index (κ3) is 4.50. The average Bonchev–Trinajstić information content (AvgIpc) is 3.54. The van der Waals surface area contributed by atoms with Crippen LogP contribution in [0.25, 0.3) is 10.4 Å². The minimum atomic E-state index is -0.154. The molecule has 3 aromatic rings. The Morgan fingerprint density at radius 3 is 2.62 bits per heavy atom. The fraction of sp³-hybridized carbons (Fsp3) is 0.320. The SMILES string of the molecule is Nc1ccc(-c2cccs2)cc1NC(=O)c1ccc(N2CCC(N3CCOCC3)C2)cc1. The number of morpholine rings is 1. The molecule has 0 bridgehead atoms. The summed E-state index contributed by atoms with van der Waals surface area (Å²) in [5.41, 5.74) is 10.1. The molecule has 7 heteroatoms. The van der Waals surface area contributed by atoms with Crippen LogP contribution in [0, 0.1) is 0 Å². The van der Waals surface area contributed by atoms with Crippen LogP contribution >= 0.6 is 11.3 Å². The number of nitrogens with zero attached hydrogens (tertiary/aromatic N) is 2. The molecule has 0 aliphatic carbocycles. The lowest BCUT2D eigenvalue weighted by atomic mass is 10.1. The summed E-state index contributed by atoms with van der Waals surface area (Å²) in [6.45, 7) is 5.78. The Labute approximate surface area is 192 Å². The number of nitrogens with one attached hydrogen (secondary N) is 1. The first kappa shape index (κ1) is 21.0. The van der Waals surface area contributed by atoms with Crippen molar-refractivity contribution >= 4 is 34.3 Å². The first-order chi connectivity index (χ1) is 15.7. The summed E-state index contributed by atoms with van der Waals surface area (Å²) < 4.78 is 5.48. The van der Waals surface area contributed by atoms with Crippen molar-refractivity contribution in [3.8, 4) is 10.4 Å². The zero-order chi connectivity index (χ0) is 21.9. The van der Waals surface area contributed by atoms with Gasteiger partial charge in [0.15, 0.2) is 0 Å². The Hall–Kier alpha value is -2.87. The van der Waals surface area contributed by atoms with Gasteiger partial charge in [-0.15, -0.1) is 11.3 Å². The molecule has 6 nitrogen and oxygen atoms in total. The third-order valence-corrected chi connectivity index (χ3v) is 7.25. The highest BCUT2D eigenvalue weighted by atomic mass is 32.1. The van der Waals surface area contributed by atoms with Crippen LogP contribution in [0.5, 0.6) is 0 Å². The first-order valence-corrected chi connectivity index (χ1v) is 12.0. The number of carbonyl (C=O) groups excluding carboxylic acids is 1. The number of nitrogen functional groups attached to an aromatic ring is 1. The van der Waals surface area contributed by atoms with Gasteiger partial charge in [-0.2, -0.15) is 0 Å². The molecule has 2 aliphatic rings. The van der Waals surface area contributed by atoms with E-state index in [1.165, 1.54) is 6.42 Å². The van der Waals surface area contributed by atoms with Crippen LogP contribution in [0.15, 0.2) is 60.0 Å². The third-order valence-electron chi connectivity index (χ3n) is 6.33. The highest BCUT2D eigenvalue weighted by Crippen LogP contribution is 2.30. The maximum Gasteiger partial charge on any atom is 0.255 e. The Kier molecular flexibility index (Phi) is 6.12. The smallest absolute Gasteiger partial charge is 0.255 e. The number of anilines is 3. The van der Waals surface area contributed by atoms with Crippen LogP contribution in [-0.2, 0) is 4.74 Å². The molecule has 0 saturated carbocycles. The molecule has 1 amide bonds. The number of benzene rings is 2. The van der Waals surface area contributed by atoms with Crippen molar-refractivity contribution in [2.75, 3.05) is 55.3 Å². The normalized spacial score (nSPS) is 19.2. The number of amides is 1. The van der Waals surface area contributed by atoms with Crippen LogP contribution < -0.4 is 16.0 Å². The van der Waals surface area contributed by atoms with E-state index < -0.39 is 0 Å². The van der Waals surface area contributed by atoms with E-state index in [0.717, 1.165) is 55.5 Å². The van der Waals surface area contributed by atoms with Gasteiger partial charge in [0.1, 0.15) is 0 Å². The monoisotopic (exact) mass is 448 g/mol. The van der Waals surface area contributed by atoms with E-state index in [4.69, 9.17) is 10.5 Å². The van der Waals surface area contributed by atoms with Crippen LogP contribution in [0.2, 0.25) is 0 Å².